The van der Waals surface area contributed by atoms with E-state index in [2.05, 4.69) is 10.3 Å². The highest BCUT2D eigenvalue weighted by molar-refractivity contribution is 7.15. The van der Waals surface area contributed by atoms with Gasteiger partial charge in [-0.1, -0.05) is 41.9 Å². The van der Waals surface area contributed by atoms with Gasteiger partial charge in [-0.05, 0) is 18.6 Å². The van der Waals surface area contributed by atoms with Crippen molar-refractivity contribution >= 4 is 39.9 Å². The number of carbonyl (C=O) groups excluding carboxylic acids is 1. The molecule has 3 aromatic rings. The smallest absolute Gasteiger partial charge is 0.262 e. The zero-order valence-corrected chi connectivity index (χ0v) is 14.3. The van der Waals surface area contributed by atoms with Crippen LogP contribution in [0.25, 0.3) is 11.0 Å². The second kappa shape index (κ2) is 6.87. The van der Waals surface area contributed by atoms with Gasteiger partial charge >= 0.3 is 0 Å². The SMILES string of the molecule is C[C@H](NC(=O)/C(C#N)=C/c1c(Cl)nc2sccn12)c1ccccc1. The number of halogens is 1. The van der Waals surface area contributed by atoms with Crippen LogP contribution in [0.5, 0.6) is 0 Å². The van der Waals surface area contributed by atoms with Crippen LogP contribution in [0.15, 0.2) is 47.5 Å². The second-order valence-corrected chi connectivity index (χ2v) is 6.35. The Balaban J connectivity index is 1.86. The van der Waals surface area contributed by atoms with Gasteiger partial charge in [0.2, 0.25) is 0 Å². The minimum atomic E-state index is -0.449. The lowest BCUT2D eigenvalue weighted by Gasteiger charge is -2.13. The number of amides is 1. The fraction of sp³-hybridized carbons (Fsp3) is 0.118. The predicted octanol–water partition coefficient (Wildman–Crippen LogP) is 3.83. The Morgan fingerprint density at radius 1 is 1.46 bits per heavy atom. The Morgan fingerprint density at radius 3 is 2.92 bits per heavy atom. The number of rotatable bonds is 4. The molecular formula is C17H13ClN4OS. The average molecular weight is 357 g/mol. The molecule has 0 radical (unpaired) electrons. The van der Waals surface area contributed by atoms with Crippen molar-refractivity contribution in [2.75, 3.05) is 0 Å². The first-order valence-electron chi connectivity index (χ1n) is 7.19. The first-order valence-corrected chi connectivity index (χ1v) is 8.44. The maximum Gasteiger partial charge on any atom is 0.262 e. The molecule has 0 fully saturated rings. The molecule has 0 aliphatic carbocycles. The molecule has 1 N–H and O–H groups in total. The van der Waals surface area contributed by atoms with Gasteiger partial charge < -0.3 is 5.32 Å². The molecule has 1 aromatic carbocycles. The van der Waals surface area contributed by atoms with E-state index in [1.54, 1.807) is 10.6 Å². The van der Waals surface area contributed by atoms with Crippen molar-refractivity contribution in [3.8, 4) is 6.07 Å². The van der Waals surface area contributed by atoms with E-state index in [1.807, 2.05) is 48.7 Å². The van der Waals surface area contributed by atoms with Gasteiger partial charge in [-0.15, -0.1) is 11.3 Å². The van der Waals surface area contributed by atoms with E-state index in [9.17, 15) is 10.1 Å². The number of aromatic nitrogens is 2. The van der Waals surface area contributed by atoms with Crippen LogP contribution in [-0.2, 0) is 4.79 Å². The Hall–Kier alpha value is -2.62. The number of hydrogen-bond donors (Lipinski definition) is 1. The molecule has 3 rings (SSSR count). The lowest BCUT2D eigenvalue weighted by atomic mass is 10.1. The number of fused-ring (bicyclic) bond motifs is 1. The van der Waals surface area contributed by atoms with E-state index in [-0.39, 0.29) is 16.8 Å². The lowest BCUT2D eigenvalue weighted by molar-refractivity contribution is -0.117. The minimum absolute atomic E-state index is 0.0207. The van der Waals surface area contributed by atoms with E-state index >= 15 is 0 Å². The number of thiazole rings is 1. The summed E-state index contributed by atoms with van der Waals surface area (Å²) < 4.78 is 1.75. The number of imidazole rings is 1. The number of nitrogens with one attached hydrogen (secondary N) is 1. The van der Waals surface area contributed by atoms with Crippen LogP contribution in [-0.4, -0.2) is 15.3 Å². The Labute approximate surface area is 147 Å². The van der Waals surface area contributed by atoms with Crippen LogP contribution in [0.3, 0.4) is 0 Å². The third-order valence-corrected chi connectivity index (χ3v) is 4.58. The van der Waals surface area contributed by atoms with Gasteiger partial charge in [0.05, 0.1) is 11.7 Å². The molecule has 1 amide bonds. The Bertz CT molecular complexity index is 952. The molecule has 0 bridgehead atoms. The normalized spacial score (nSPS) is 12.8. The van der Waals surface area contributed by atoms with Gasteiger partial charge in [0, 0.05) is 11.6 Å². The van der Waals surface area contributed by atoms with Gasteiger partial charge in [-0.3, -0.25) is 9.20 Å². The Morgan fingerprint density at radius 2 is 2.21 bits per heavy atom. The topological polar surface area (TPSA) is 70.2 Å². The summed E-state index contributed by atoms with van der Waals surface area (Å²) in [7, 11) is 0. The first kappa shape index (κ1) is 16.2. The van der Waals surface area contributed by atoms with E-state index in [0.29, 0.717) is 10.7 Å². The summed E-state index contributed by atoms with van der Waals surface area (Å²) >= 11 is 7.53. The highest BCUT2D eigenvalue weighted by atomic mass is 35.5. The lowest BCUT2D eigenvalue weighted by Crippen LogP contribution is -2.27. The van der Waals surface area contributed by atoms with Crippen LogP contribution in [0.4, 0.5) is 0 Å². The molecule has 0 saturated heterocycles. The highest BCUT2D eigenvalue weighted by Crippen LogP contribution is 2.23. The van der Waals surface area contributed by atoms with Gasteiger partial charge in [-0.2, -0.15) is 5.26 Å². The van der Waals surface area contributed by atoms with Gasteiger partial charge in [-0.25, -0.2) is 4.98 Å². The van der Waals surface area contributed by atoms with E-state index in [1.165, 1.54) is 17.4 Å². The molecule has 0 aliphatic heterocycles. The number of nitriles is 1. The molecule has 24 heavy (non-hydrogen) atoms. The molecule has 5 nitrogen and oxygen atoms in total. The third kappa shape index (κ3) is 3.18. The quantitative estimate of drug-likeness (QED) is 0.570. The summed E-state index contributed by atoms with van der Waals surface area (Å²) in [4.78, 5) is 17.3. The molecule has 120 valence electrons. The molecule has 0 aliphatic rings. The van der Waals surface area contributed by atoms with Crippen molar-refractivity contribution < 1.29 is 4.79 Å². The monoisotopic (exact) mass is 356 g/mol. The fourth-order valence-corrected chi connectivity index (χ4v) is 3.29. The van der Waals surface area contributed by atoms with E-state index < -0.39 is 5.91 Å². The maximum atomic E-state index is 12.4. The molecular weight excluding hydrogens is 344 g/mol. The zero-order chi connectivity index (χ0) is 17.1. The number of benzene rings is 1. The number of carbonyl (C=O) groups is 1. The van der Waals surface area contributed by atoms with Crippen LogP contribution >= 0.6 is 22.9 Å². The molecule has 2 aromatic heterocycles. The molecule has 0 unspecified atom stereocenters. The standard InChI is InChI=1S/C17H13ClN4OS/c1-11(12-5-3-2-4-6-12)20-16(23)13(10-19)9-14-15(18)21-17-22(14)7-8-24-17/h2-9,11H,1H3,(H,20,23)/b13-9+/t11-/m0/s1. The van der Waals surface area contributed by atoms with Gasteiger partial charge in [0.15, 0.2) is 10.1 Å². The van der Waals surface area contributed by atoms with E-state index in [0.717, 1.165) is 5.56 Å². The molecule has 2 heterocycles. The molecule has 0 saturated carbocycles. The van der Waals surface area contributed by atoms with Gasteiger partial charge in [0.1, 0.15) is 11.6 Å². The summed E-state index contributed by atoms with van der Waals surface area (Å²) in [6.07, 6.45) is 3.26. The summed E-state index contributed by atoms with van der Waals surface area (Å²) in [5.74, 6) is -0.449. The van der Waals surface area contributed by atoms with Crippen molar-refractivity contribution in [3.05, 3.63) is 63.9 Å². The maximum absolute atomic E-state index is 12.4. The fourth-order valence-electron chi connectivity index (χ4n) is 2.29. The first-order chi connectivity index (χ1) is 11.6. The summed E-state index contributed by atoms with van der Waals surface area (Å²) in [5, 5.41) is 14.3. The summed E-state index contributed by atoms with van der Waals surface area (Å²) in [5.41, 5.74) is 1.46. The van der Waals surface area contributed by atoms with Crippen molar-refractivity contribution in [1.29, 1.82) is 5.26 Å². The number of nitrogens with zero attached hydrogens (tertiary/aromatic N) is 3. The van der Waals surface area contributed by atoms with Crippen LogP contribution in [0.2, 0.25) is 5.15 Å². The number of hydrogen-bond acceptors (Lipinski definition) is 4. The molecule has 1 atom stereocenters. The zero-order valence-electron chi connectivity index (χ0n) is 12.7. The van der Waals surface area contributed by atoms with Crippen molar-refractivity contribution in [1.82, 2.24) is 14.7 Å². The molecule has 0 spiro atoms. The largest absolute Gasteiger partial charge is 0.345 e. The summed E-state index contributed by atoms with van der Waals surface area (Å²) in [6, 6.07) is 11.3. The van der Waals surface area contributed by atoms with Crippen LogP contribution in [0, 0.1) is 11.3 Å². The average Bonchev–Trinajstić information content (AvgIpc) is 3.14. The second-order valence-electron chi connectivity index (χ2n) is 5.12. The van der Waals surface area contributed by atoms with Crippen molar-refractivity contribution in [2.45, 2.75) is 13.0 Å². The summed E-state index contributed by atoms with van der Waals surface area (Å²) in [6.45, 7) is 1.87. The van der Waals surface area contributed by atoms with E-state index in [4.69, 9.17) is 11.6 Å². The van der Waals surface area contributed by atoms with Crippen molar-refractivity contribution in [2.24, 2.45) is 0 Å². The van der Waals surface area contributed by atoms with Crippen LogP contribution in [0.1, 0.15) is 24.2 Å². The van der Waals surface area contributed by atoms with Crippen molar-refractivity contribution in [3.63, 3.8) is 0 Å². The predicted molar refractivity (Wildman–Crippen MR) is 94.7 cm³/mol. The third-order valence-electron chi connectivity index (χ3n) is 3.55. The highest BCUT2D eigenvalue weighted by Gasteiger charge is 2.16. The minimum Gasteiger partial charge on any atom is -0.345 e. The Kier molecular flexibility index (Phi) is 4.65. The van der Waals surface area contributed by atoms with Crippen LogP contribution < -0.4 is 5.32 Å². The molecule has 7 heteroatoms. The van der Waals surface area contributed by atoms with Gasteiger partial charge in [0.25, 0.3) is 5.91 Å².